The molecular formula is C28H27NO5. The van der Waals surface area contributed by atoms with Gasteiger partial charge in [0.25, 0.3) is 11.7 Å². The molecule has 1 fully saturated rings. The van der Waals surface area contributed by atoms with Gasteiger partial charge in [-0.2, -0.15) is 0 Å². The molecule has 1 saturated heterocycles. The zero-order valence-corrected chi connectivity index (χ0v) is 19.9. The van der Waals surface area contributed by atoms with Crippen LogP contribution in [0.1, 0.15) is 33.9 Å². The summed E-state index contributed by atoms with van der Waals surface area (Å²) >= 11 is 0. The second kappa shape index (κ2) is 9.06. The minimum absolute atomic E-state index is 0.0581. The molecule has 1 N–H and O–H groups in total. The third-order valence-electron chi connectivity index (χ3n) is 6.28. The van der Waals surface area contributed by atoms with Gasteiger partial charge in [0.05, 0.1) is 25.8 Å². The number of amides is 1. The fourth-order valence-corrected chi connectivity index (χ4v) is 4.44. The van der Waals surface area contributed by atoms with Crippen molar-refractivity contribution >= 4 is 23.1 Å². The third kappa shape index (κ3) is 3.81. The average Bonchev–Trinajstić information content (AvgIpc) is 3.10. The molecule has 1 unspecified atom stereocenters. The first-order valence-electron chi connectivity index (χ1n) is 10.9. The predicted octanol–water partition coefficient (Wildman–Crippen LogP) is 5.26. The van der Waals surface area contributed by atoms with Crippen LogP contribution in [0.5, 0.6) is 11.5 Å². The molecule has 0 spiro atoms. The lowest BCUT2D eigenvalue weighted by molar-refractivity contribution is -0.132. The van der Waals surface area contributed by atoms with Crippen LogP contribution in [-0.4, -0.2) is 31.0 Å². The third-order valence-corrected chi connectivity index (χ3v) is 6.28. The van der Waals surface area contributed by atoms with Gasteiger partial charge < -0.3 is 14.6 Å². The lowest BCUT2D eigenvalue weighted by atomic mass is 9.91. The number of nitrogens with zero attached hydrogens (tertiary/aromatic N) is 1. The zero-order valence-electron chi connectivity index (χ0n) is 19.9. The smallest absolute Gasteiger partial charge is 0.300 e. The number of anilines is 1. The van der Waals surface area contributed by atoms with E-state index >= 15 is 0 Å². The lowest BCUT2D eigenvalue weighted by Crippen LogP contribution is -2.29. The maximum absolute atomic E-state index is 13.4. The van der Waals surface area contributed by atoms with E-state index in [-0.39, 0.29) is 11.3 Å². The molecule has 4 rings (SSSR count). The highest BCUT2D eigenvalue weighted by molar-refractivity contribution is 6.51. The molecule has 3 aromatic rings. The molecule has 3 aromatic carbocycles. The Balaban J connectivity index is 1.97. The van der Waals surface area contributed by atoms with Crippen molar-refractivity contribution in [2.45, 2.75) is 26.8 Å². The fourth-order valence-electron chi connectivity index (χ4n) is 4.44. The predicted molar refractivity (Wildman–Crippen MR) is 131 cm³/mol. The number of Topliss-reactive ketones (excluding diaryl/α,β-unsaturated/α-hetero) is 1. The number of ether oxygens (including phenoxy) is 2. The molecule has 0 bridgehead atoms. The number of ketones is 1. The molecule has 174 valence electrons. The van der Waals surface area contributed by atoms with Crippen molar-refractivity contribution in [3.8, 4) is 11.5 Å². The molecule has 1 aliphatic rings. The Bertz CT molecular complexity index is 1310. The molecular weight excluding hydrogens is 430 g/mol. The zero-order chi connectivity index (χ0) is 24.6. The Labute approximate surface area is 199 Å². The quantitative estimate of drug-likeness (QED) is 0.322. The van der Waals surface area contributed by atoms with Crippen LogP contribution in [0.2, 0.25) is 0 Å². The van der Waals surface area contributed by atoms with Gasteiger partial charge in [0.2, 0.25) is 0 Å². The van der Waals surface area contributed by atoms with Crippen LogP contribution in [0, 0.1) is 20.8 Å². The van der Waals surface area contributed by atoms with Crippen molar-refractivity contribution in [3.05, 3.63) is 94.1 Å². The topological polar surface area (TPSA) is 76.1 Å². The van der Waals surface area contributed by atoms with E-state index in [4.69, 9.17) is 9.47 Å². The van der Waals surface area contributed by atoms with Crippen LogP contribution in [0.4, 0.5) is 5.69 Å². The summed E-state index contributed by atoms with van der Waals surface area (Å²) in [7, 11) is 3.15. The van der Waals surface area contributed by atoms with E-state index in [1.165, 1.54) is 4.90 Å². The maximum Gasteiger partial charge on any atom is 0.300 e. The number of carbonyl (C=O) groups excluding carboxylic acids is 2. The Morgan fingerprint density at radius 1 is 0.853 bits per heavy atom. The SMILES string of the molecule is COc1ccc(N2C(=O)C(=O)/C(=C(/O)c3cc(C)c(OC)cc3C)C2c2ccccc2C)cc1. The molecule has 6 nitrogen and oxygen atoms in total. The number of hydrogen-bond acceptors (Lipinski definition) is 5. The van der Waals surface area contributed by atoms with Gasteiger partial charge in [-0.3, -0.25) is 14.5 Å². The van der Waals surface area contributed by atoms with Gasteiger partial charge in [0.1, 0.15) is 17.3 Å². The van der Waals surface area contributed by atoms with Gasteiger partial charge in [0.15, 0.2) is 0 Å². The highest BCUT2D eigenvalue weighted by atomic mass is 16.5. The van der Waals surface area contributed by atoms with E-state index in [1.54, 1.807) is 44.6 Å². The van der Waals surface area contributed by atoms with Crippen LogP contribution < -0.4 is 14.4 Å². The number of rotatable bonds is 5. The van der Waals surface area contributed by atoms with E-state index in [9.17, 15) is 14.7 Å². The van der Waals surface area contributed by atoms with E-state index in [0.717, 1.165) is 22.3 Å². The minimum atomic E-state index is -0.781. The van der Waals surface area contributed by atoms with E-state index in [2.05, 4.69) is 0 Å². The second-order valence-electron chi connectivity index (χ2n) is 8.36. The van der Waals surface area contributed by atoms with Crippen molar-refractivity contribution in [2.24, 2.45) is 0 Å². The van der Waals surface area contributed by atoms with Crippen molar-refractivity contribution in [1.29, 1.82) is 0 Å². The lowest BCUT2D eigenvalue weighted by Gasteiger charge is -2.27. The highest BCUT2D eigenvalue weighted by Gasteiger charge is 2.47. The van der Waals surface area contributed by atoms with Crippen molar-refractivity contribution in [1.82, 2.24) is 0 Å². The summed E-state index contributed by atoms with van der Waals surface area (Å²) in [6.45, 7) is 5.62. The maximum atomic E-state index is 13.4. The van der Waals surface area contributed by atoms with Crippen molar-refractivity contribution in [3.63, 3.8) is 0 Å². The standard InChI is InChI=1S/C28H27NO5/c1-16-8-6-7-9-21(16)25-24(26(30)22-14-18(3)23(34-5)15-17(22)2)27(31)28(32)29(25)19-10-12-20(33-4)13-11-19/h6-15,25,30H,1-5H3/b26-24+. The number of methoxy groups -OCH3 is 2. The van der Waals surface area contributed by atoms with Crippen molar-refractivity contribution < 1.29 is 24.2 Å². The number of hydrogen-bond donors (Lipinski definition) is 1. The first-order valence-corrected chi connectivity index (χ1v) is 10.9. The molecule has 0 aromatic heterocycles. The van der Waals surface area contributed by atoms with Gasteiger partial charge in [-0.15, -0.1) is 0 Å². The van der Waals surface area contributed by atoms with Crippen LogP contribution in [0.15, 0.2) is 66.2 Å². The van der Waals surface area contributed by atoms with Gasteiger partial charge in [-0.25, -0.2) is 0 Å². The molecule has 0 radical (unpaired) electrons. The number of aliphatic hydroxyl groups excluding tert-OH is 1. The number of aryl methyl sites for hydroxylation is 3. The van der Waals surface area contributed by atoms with Crippen LogP contribution in [0.3, 0.4) is 0 Å². The Morgan fingerprint density at radius 3 is 2.15 bits per heavy atom. The van der Waals surface area contributed by atoms with E-state index in [0.29, 0.717) is 22.7 Å². The van der Waals surface area contributed by atoms with Crippen molar-refractivity contribution in [2.75, 3.05) is 19.1 Å². The average molecular weight is 458 g/mol. The normalized spacial score (nSPS) is 17.2. The minimum Gasteiger partial charge on any atom is -0.507 e. The molecule has 0 aliphatic carbocycles. The summed E-state index contributed by atoms with van der Waals surface area (Å²) in [6.07, 6.45) is 0. The highest BCUT2D eigenvalue weighted by Crippen LogP contribution is 2.44. The van der Waals surface area contributed by atoms with Crippen LogP contribution in [-0.2, 0) is 9.59 Å². The summed E-state index contributed by atoms with van der Waals surface area (Å²) in [5, 5.41) is 11.5. The molecule has 1 heterocycles. The van der Waals surface area contributed by atoms with Gasteiger partial charge in [-0.1, -0.05) is 24.3 Å². The summed E-state index contributed by atoms with van der Waals surface area (Å²) in [5.41, 5.74) is 4.30. The summed E-state index contributed by atoms with van der Waals surface area (Å²) in [6, 6.07) is 17.3. The molecule has 1 aliphatic heterocycles. The fraction of sp³-hybridized carbons (Fsp3) is 0.214. The van der Waals surface area contributed by atoms with E-state index < -0.39 is 17.7 Å². The van der Waals surface area contributed by atoms with E-state index in [1.807, 2.05) is 51.1 Å². The monoisotopic (exact) mass is 457 g/mol. The molecule has 1 atom stereocenters. The first-order chi connectivity index (χ1) is 16.3. The summed E-state index contributed by atoms with van der Waals surface area (Å²) < 4.78 is 10.6. The van der Waals surface area contributed by atoms with Gasteiger partial charge >= 0.3 is 0 Å². The summed E-state index contributed by atoms with van der Waals surface area (Å²) in [5.74, 6) is -0.302. The Kier molecular flexibility index (Phi) is 6.16. The first kappa shape index (κ1) is 23.1. The van der Waals surface area contributed by atoms with Gasteiger partial charge in [-0.05, 0) is 79.4 Å². The Morgan fingerprint density at radius 2 is 1.53 bits per heavy atom. The molecule has 6 heteroatoms. The largest absolute Gasteiger partial charge is 0.507 e. The molecule has 34 heavy (non-hydrogen) atoms. The molecule has 1 amide bonds. The Hall–Kier alpha value is -4.06. The summed E-state index contributed by atoms with van der Waals surface area (Å²) in [4.78, 5) is 28.2. The molecule has 0 saturated carbocycles. The van der Waals surface area contributed by atoms with Crippen LogP contribution >= 0.6 is 0 Å². The number of benzene rings is 3. The van der Waals surface area contributed by atoms with Gasteiger partial charge in [0, 0.05) is 11.3 Å². The van der Waals surface area contributed by atoms with Crippen LogP contribution in [0.25, 0.3) is 5.76 Å². The number of aliphatic hydroxyl groups is 1. The number of carbonyl (C=O) groups is 2. The second-order valence-corrected chi connectivity index (χ2v) is 8.36.